The minimum Gasteiger partial charge on any atom is -0.465 e. The quantitative estimate of drug-likeness (QED) is 0.539. The molecule has 2 heterocycles. The summed E-state index contributed by atoms with van der Waals surface area (Å²) < 4.78 is 11.9. The zero-order chi connectivity index (χ0) is 17.4. The molecule has 0 aliphatic carbocycles. The monoisotopic (exact) mass is 334 g/mol. The van der Waals surface area contributed by atoms with Gasteiger partial charge in [-0.2, -0.15) is 0 Å². The maximum absolute atomic E-state index is 12.7. The largest absolute Gasteiger partial charge is 0.465 e. The van der Waals surface area contributed by atoms with Gasteiger partial charge in [0, 0.05) is 5.39 Å². The molecule has 0 aliphatic rings. The molecule has 4 aromatic rings. The average Bonchev–Trinajstić information content (AvgIpc) is 3.03. The molecule has 2 aromatic heterocycles. The SMILES string of the molecule is COC(=O)c1cccc(Cn2cnc3c(oc4ccccc43)c2=O)c1. The van der Waals surface area contributed by atoms with E-state index in [-0.39, 0.29) is 17.7 Å². The third kappa shape index (κ3) is 2.57. The predicted octanol–water partition coefficient (Wildman–Crippen LogP) is 2.98. The van der Waals surface area contributed by atoms with E-state index in [9.17, 15) is 9.59 Å². The Morgan fingerprint density at radius 3 is 2.88 bits per heavy atom. The number of methoxy groups -OCH3 is 1. The first-order valence-corrected chi connectivity index (χ1v) is 7.71. The van der Waals surface area contributed by atoms with Gasteiger partial charge < -0.3 is 9.15 Å². The fraction of sp³-hybridized carbons (Fsp3) is 0.105. The van der Waals surface area contributed by atoms with Crippen molar-refractivity contribution in [1.29, 1.82) is 0 Å². The Morgan fingerprint density at radius 1 is 1.20 bits per heavy atom. The Kier molecular flexibility index (Phi) is 3.57. The van der Waals surface area contributed by atoms with E-state index in [0.29, 0.717) is 16.7 Å². The molecule has 0 bridgehead atoms. The molecule has 0 unspecified atom stereocenters. The van der Waals surface area contributed by atoms with Crippen LogP contribution in [0.1, 0.15) is 15.9 Å². The topological polar surface area (TPSA) is 74.3 Å². The minimum absolute atomic E-state index is 0.229. The summed E-state index contributed by atoms with van der Waals surface area (Å²) in [5.74, 6) is -0.417. The van der Waals surface area contributed by atoms with Crippen LogP contribution in [0.25, 0.3) is 22.1 Å². The third-order valence-electron chi connectivity index (χ3n) is 4.05. The summed E-state index contributed by atoms with van der Waals surface area (Å²) in [5.41, 5.74) is 2.39. The molecule has 6 heteroatoms. The van der Waals surface area contributed by atoms with Crippen molar-refractivity contribution in [3.8, 4) is 0 Å². The van der Waals surface area contributed by atoms with Crippen LogP contribution in [-0.2, 0) is 11.3 Å². The highest BCUT2D eigenvalue weighted by molar-refractivity contribution is 6.01. The lowest BCUT2D eigenvalue weighted by molar-refractivity contribution is 0.0600. The predicted molar refractivity (Wildman–Crippen MR) is 92.7 cm³/mol. The summed E-state index contributed by atoms with van der Waals surface area (Å²) >= 11 is 0. The number of rotatable bonds is 3. The summed E-state index contributed by atoms with van der Waals surface area (Å²) in [4.78, 5) is 28.7. The first kappa shape index (κ1) is 15.1. The van der Waals surface area contributed by atoms with E-state index in [1.165, 1.54) is 18.0 Å². The van der Waals surface area contributed by atoms with E-state index < -0.39 is 5.97 Å². The number of carbonyl (C=O) groups is 1. The number of para-hydroxylation sites is 1. The first-order valence-electron chi connectivity index (χ1n) is 7.71. The van der Waals surface area contributed by atoms with Gasteiger partial charge in [-0.15, -0.1) is 0 Å². The van der Waals surface area contributed by atoms with Gasteiger partial charge in [0.25, 0.3) is 5.56 Å². The molecule has 25 heavy (non-hydrogen) atoms. The van der Waals surface area contributed by atoms with Gasteiger partial charge in [-0.1, -0.05) is 24.3 Å². The van der Waals surface area contributed by atoms with Crippen molar-refractivity contribution < 1.29 is 13.9 Å². The Balaban J connectivity index is 1.78. The second-order valence-corrected chi connectivity index (χ2v) is 5.65. The molecule has 4 rings (SSSR count). The van der Waals surface area contributed by atoms with Crippen molar-refractivity contribution in [2.24, 2.45) is 0 Å². The molecule has 0 saturated heterocycles. The van der Waals surface area contributed by atoms with Crippen LogP contribution < -0.4 is 5.56 Å². The van der Waals surface area contributed by atoms with Crippen molar-refractivity contribution in [2.45, 2.75) is 6.54 Å². The number of aromatic nitrogens is 2. The van der Waals surface area contributed by atoms with E-state index >= 15 is 0 Å². The lowest BCUT2D eigenvalue weighted by atomic mass is 10.1. The molecule has 0 amide bonds. The molecule has 6 nitrogen and oxygen atoms in total. The molecule has 0 atom stereocenters. The number of hydrogen-bond acceptors (Lipinski definition) is 5. The first-order chi connectivity index (χ1) is 12.2. The number of benzene rings is 2. The molecule has 2 aromatic carbocycles. The van der Waals surface area contributed by atoms with Crippen molar-refractivity contribution in [3.63, 3.8) is 0 Å². The van der Waals surface area contributed by atoms with Gasteiger partial charge in [0.2, 0.25) is 5.58 Å². The summed E-state index contributed by atoms with van der Waals surface area (Å²) in [6.07, 6.45) is 1.50. The number of hydrogen-bond donors (Lipinski definition) is 0. The zero-order valence-corrected chi connectivity index (χ0v) is 13.4. The van der Waals surface area contributed by atoms with Gasteiger partial charge in [0.1, 0.15) is 11.1 Å². The fourth-order valence-electron chi connectivity index (χ4n) is 2.84. The second-order valence-electron chi connectivity index (χ2n) is 5.65. The molecule has 0 saturated carbocycles. The Hall–Kier alpha value is -3.41. The van der Waals surface area contributed by atoms with Crippen LogP contribution in [0.15, 0.2) is 64.1 Å². The van der Waals surface area contributed by atoms with Crippen molar-refractivity contribution in [3.05, 3.63) is 76.3 Å². The number of ether oxygens (including phenoxy) is 1. The van der Waals surface area contributed by atoms with E-state index in [1.807, 2.05) is 24.3 Å². The molecular formula is C19H14N2O4. The molecular weight excluding hydrogens is 320 g/mol. The van der Waals surface area contributed by atoms with Crippen LogP contribution in [0.4, 0.5) is 0 Å². The number of carbonyl (C=O) groups excluding carboxylic acids is 1. The molecule has 0 N–H and O–H groups in total. The number of furan rings is 1. The van der Waals surface area contributed by atoms with E-state index in [0.717, 1.165) is 10.9 Å². The lowest BCUT2D eigenvalue weighted by Crippen LogP contribution is -2.20. The lowest BCUT2D eigenvalue weighted by Gasteiger charge is -2.06. The summed E-state index contributed by atoms with van der Waals surface area (Å²) in [6.45, 7) is 0.281. The molecule has 124 valence electrons. The Morgan fingerprint density at radius 2 is 2.04 bits per heavy atom. The van der Waals surface area contributed by atoms with Gasteiger partial charge in [-0.05, 0) is 29.8 Å². The van der Waals surface area contributed by atoms with Crippen LogP contribution in [-0.4, -0.2) is 22.6 Å². The maximum atomic E-state index is 12.7. The maximum Gasteiger partial charge on any atom is 0.337 e. The normalized spacial score (nSPS) is 11.1. The molecule has 0 spiro atoms. The summed E-state index contributed by atoms with van der Waals surface area (Å²) in [5, 5.41) is 0.814. The van der Waals surface area contributed by atoms with Crippen molar-refractivity contribution >= 4 is 28.0 Å². The van der Waals surface area contributed by atoms with E-state index in [1.54, 1.807) is 24.3 Å². The number of esters is 1. The van der Waals surface area contributed by atoms with Gasteiger partial charge in [-0.3, -0.25) is 9.36 Å². The van der Waals surface area contributed by atoms with Crippen LogP contribution in [0.5, 0.6) is 0 Å². The Labute approximate surface area is 142 Å². The average molecular weight is 334 g/mol. The van der Waals surface area contributed by atoms with E-state index in [4.69, 9.17) is 9.15 Å². The van der Waals surface area contributed by atoms with Crippen LogP contribution in [0.3, 0.4) is 0 Å². The van der Waals surface area contributed by atoms with Crippen LogP contribution in [0, 0.1) is 0 Å². The zero-order valence-electron chi connectivity index (χ0n) is 13.4. The number of nitrogens with zero attached hydrogens (tertiary/aromatic N) is 2. The highest BCUT2D eigenvalue weighted by Crippen LogP contribution is 2.24. The molecule has 0 fully saturated rings. The van der Waals surface area contributed by atoms with Crippen LogP contribution in [0.2, 0.25) is 0 Å². The van der Waals surface area contributed by atoms with Crippen LogP contribution >= 0.6 is 0 Å². The standard InChI is InChI=1S/C19H14N2O4/c1-24-19(23)13-6-4-5-12(9-13)10-21-11-20-16-14-7-2-3-8-15(14)25-17(16)18(21)22/h2-9,11H,10H2,1H3. The highest BCUT2D eigenvalue weighted by Gasteiger charge is 2.13. The van der Waals surface area contributed by atoms with Crippen molar-refractivity contribution in [2.75, 3.05) is 7.11 Å². The third-order valence-corrected chi connectivity index (χ3v) is 4.05. The fourth-order valence-corrected chi connectivity index (χ4v) is 2.84. The van der Waals surface area contributed by atoms with Gasteiger partial charge in [-0.25, -0.2) is 9.78 Å². The minimum atomic E-state index is -0.417. The molecule has 0 radical (unpaired) electrons. The second kappa shape index (κ2) is 5.90. The van der Waals surface area contributed by atoms with Gasteiger partial charge in [0.05, 0.1) is 25.5 Å². The molecule has 0 aliphatic heterocycles. The van der Waals surface area contributed by atoms with E-state index in [2.05, 4.69) is 4.98 Å². The summed E-state index contributed by atoms with van der Waals surface area (Å²) in [6, 6.07) is 14.4. The number of fused-ring (bicyclic) bond motifs is 3. The van der Waals surface area contributed by atoms with Crippen molar-refractivity contribution in [1.82, 2.24) is 9.55 Å². The Bertz CT molecular complexity index is 1160. The highest BCUT2D eigenvalue weighted by atomic mass is 16.5. The van der Waals surface area contributed by atoms with Gasteiger partial charge >= 0.3 is 5.97 Å². The van der Waals surface area contributed by atoms with Gasteiger partial charge in [0.15, 0.2) is 0 Å². The smallest absolute Gasteiger partial charge is 0.337 e. The summed E-state index contributed by atoms with van der Waals surface area (Å²) in [7, 11) is 1.33.